The van der Waals surface area contributed by atoms with Crippen LogP contribution in [0.2, 0.25) is 0 Å². The second-order valence-electron chi connectivity index (χ2n) is 8.34. The molecule has 1 fully saturated rings. The number of carbonyl (C=O) groups is 2. The monoisotopic (exact) mass is 520 g/mol. The van der Waals surface area contributed by atoms with Crippen LogP contribution in [0.15, 0.2) is 61.1 Å². The smallest absolute Gasteiger partial charge is 0.463 e. The van der Waals surface area contributed by atoms with Crippen molar-refractivity contribution in [3.05, 3.63) is 66.7 Å². The second kappa shape index (κ2) is 8.98. The lowest BCUT2D eigenvalue weighted by atomic mass is 10.0. The van der Waals surface area contributed by atoms with Crippen LogP contribution in [0, 0.1) is 0 Å². The number of likely N-dealkylation sites (tertiary alicyclic amines) is 1. The molecule has 5 rings (SSSR count). The molecule has 4 heterocycles. The first-order chi connectivity index (χ1) is 17.5. The van der Waals surface area contributed by atoms with Crippen LogP contribution in [0.4, 0.5) is 22.0 Å². The van der Waals surface area contributed by atoms with Crippen LogP contribution in [0.25, 0.3) is 16.4 Å². The molecule has 0 aliphatic carbocycles. The molecular formula is C24H17F5N4O4. The Balaban J connectivity index is 1.46. The van der Waals surface area contributed by atoms with Crippen molar-refractivity contribution in [1.29, 1.82) is 0 Å². The van der Waals surface area contributed by atoms with E-state index in [1.807, 2.05) is 0 Å². The highest BCUT2D eigenvalue weighted by Crippen LogP contribution is 2.37. The third kappa shape index (κ3) is 4.76. The number of carbonyl (C=O) groups excluding carboxylic acids is 2. The van der Waals surface area contributed by atoms with Gasteiger partial charge in [0.15, 0.2) is 11.9 Å². The van der Waals surface area contributed by atoms with Gasteiger partial charge >= 0.3 is 12.1 Å². The van der Waals surface area contributed by atoms with Gasteiger partial charge in [-0.05, 0) is 24.3 Å². The van der Waals surface area contributed by atoms with E-state index in [0.29, 0.717) is 10.9 Å². The first-order valence-electron chi connectivity index (χ1n) is 11.0. The molecule has 1 unspecified atom stereocenters. The quantitative estimate of drug-likeness (QED) is 0.295. The summed E-state index contributed by atoms with van der Waals surface area (Å²) < 4.78 is 79.7. The third-order valence-corrected chi connectivity index (χ3v) is 5.87. The molecule has 0 radical (unpaired) electrons. The maximum absolute atomic E-state index is 14.9. The fourth-order valence-electron chi connectivity index (χ4n) is 3.99. The molecule has 1 saturated heterocycles. The van der Waals surface area contributed by atoms with E-state index in [0.717, 1.165) is 11.0 Å². The van der Waals surface area contributed by atoms with Gasteiger partial charge < -0.3 is 14.4 Å². The van der Waals surface area contributed by atoms with Crippen LogP contribution < -0.4 is 9.47 Å². The number of hydrogen-bond acceptors (Lipinski definition) is 6. The van der Waals surface area contributed by atoms with E-state index in [4.69, 9.17) is 4.74 Å². The predicted octanol–water partition coefficient (Wildman–Crippen LogP) is 4.28. The molecule has 4 aromatic rings. The molecule has 1 aliphatic heterocycles. The number of fused-ring (bicyclic) bond motifs is 2. The van der Waals surface area contributed by atoms with Crippen LogP contribution in [0.1, 0.15) is 16.9 Å². The first kappa shape index (κ1) is 24.4. The summed E-state index contributed by atoms with van der Waals surface area (Å²) in [5.74, 6) is -8.09. The number of esters is 1. The number of aromatic nitrogens is 3. The second-order valence-corrected chi connectivity index (χ2v) is 8.34. The molecule has 1 aliphatic rings. The Morgan fingerprint density at radius 3 is 2.65 bits per heavy atom. The fourth-order valence-corrected chi connectivity index (χ4v) is 3.99. The minimum absolute atomic E-state index is 0.183. The Hall–Kier alpha value is -4.29. The maximum Gasteiger partial charge on any atom is 0.491 e. The lowest BCUT2D eigenvalue weighted by Crippen LogP contribution is -2.55. The van der Waals surface area contributed by atoms with Gasteiger partial charge in [-0.15, -0.1) is 0 Å². The normalized spacial score (nSPS) is 17.6. The zero-order chi connectivity index (χ0) is 26.4. The Bertz CT molecular complexity index is 1500. The molecule has 0 saturated carbocycles. The molecule has 1 aromatic carbocycles. The van der Waals surface area contributed by atoms with Crippen molar-refractivity contribution in [3.8, 4) is 11.6 Å². The van der Waals surface area contributed by atoms with Crippen molar-refractivity contribution in [2.45, 2.75) is 24.6 Å². The summed E-state index contributed by atoms with van der Waals surface area (Å²) in [5, 5.41) is 0.292. The van der Waals surface area contributed by atoms with Gasteiger partial charge in [0.05, 0.1) is 30.1 Å². The molecule has 1 atom stereocenters. The molecular weight excluding hydrogens is 503 g/mol. The SMILES string of the molecule is O=C(c1cccc2cncn12)N1CCC(F)(F)C(Oc2nc3ccccc3cc2OC(=O)C(F)(F)F)C1. The molecule has 8 nitrogen and oxygen atoms in total. The van der Waals surface area contributed by atoms with E-state index < -0.39 is 54.7 Å². The molecule has 0 bridgehead atoms. The average Bonchev–Trinajstić information content (AvgIpc) is 3.33. The van der Waals surface area contributed by atoms with Gasteiger partial charge in [0.2, 0.25) is 0 Å². The first-order valence-corrected chi connectivity index (χ1v) is 11.0. The number of halogens is 5. The summed E-state index contributed by atoms with van der Waals surface area (Å²) >= 11 is 0. The standard InChI is InChI=1S/C24H17F5N4O4/c25-23(26)8-9-32(21(34)17-7-3-5-15-11-30-13-33(15)17)12-19(23)37-20-18(36-22(35)24(27,28)29)10-14-4-1-2-6-16(14)31-20/h1-7,10-11,13,19H,8-9,12H2. The molecule has 192 valence electrons. The lowest BCUT2D eigenvalue weighted by Gasteiger charge is -2.38. The number of amides is 1. The van der Waals surface area contributed by atoms with Crippen LogP contribution in [0.5, 0.6) is 11.6 Å². The number of nitrogens with zero attached hydrogens (tertiary/aromatic N) is 4. The number of rotatable bonds is 4. The van der Waals surface area contributed by atoms with Crippen molar-refractivity contribution in [3.63, 3.8) is 0 Å². The number of pyridine rings is 2. The Morgan fingerprint density at radius 1 is 1.08 bits per heavy atom. The summed E-state index contributed by atoms with van der Waals surface area (Å²) in [6.45, 7) is -0.893. The van der Waals surface area contributed by atoms with Crippen molar-refractivity contribution in [1.82, 2.24) is 19.3 Å². The van der Waals surface area contributed by atoms with Crippen molar-refractivity contribution in [2.75, 3.05) is 13.1 Å². The highest BCUT2D eigenvalue weighted by atomic mass is 19.4. The molecule has 1 amide bonds. The highest BCUT2D eigenvalue weighted by Gasteiger charge is 2.48. The van der Waals surface area contributed by atoms with E-state index in [-0.39, 0.29) is 17.8 Å². The fraction of sp³-hybridized carbons (Fsp3) is 0.250. The number of alkyl halides is 5. The summed E-state index contributed by atoms with van der Waals surface area (Å²) in [6, 6.07) is 12.0. The van der Waals surface area contributed by atoms with Gasteiger partial charge in [0, 0.05) is 18.4 Å². The van der Waals surface area contributed by atoms with Gasteiger partial charge in [-0.2, -0.15) is 13.2 Å². The van der Waals surface area contributed by atoms with Crippen LogP contribution in [0.3, 0.4) is 0 Å². The van der Waals surface area contributed by atoms with Crippen molar-refractivity contribution in [2.24, 2.45) is 0 Å². The van der Waals surface area contributed by atoms with E-state index in [2.05, 4.69) is 14.7 Å². The zero-order valence-corrected chi connectivity index (χ0v) is 18.8. The van der Waals surface area contributed by atoms with Gasteiger partial charge in [-0.1, -0.05) is 24.3 Å². The minimum Gasteiger partial charge on any atom is -0.463 e. The zero-order valence-electron chi connectivity index (χ0n) is 18.8. The molecule has 0 spiro atoms. The lowest BCUT2D eigenvalue weighted by molar-refractivity contribution is -0.190. The number of hydrogen-bond donors (Lipinski definition) is 0. The Kier molecular flexibility index (Phi) is 5.92. The maximum atomic E-state index is 14.9. The highest BCUT2D eigenvalue weighted by molar-refractivity contribution is 5.93. The number of piperidine rings is 1. The predicted molar refractivity (Wildman–Crippen MR) is 119 cm³/mol. The Labute approximate surface area is 205 Å². The Morgan fingerprint density at radius 2 is 1.86 bits per heavy atom. The van der Waals surface area contributed by atoms with Crippen molar-refractivity contribution >= 4 is 28.3 Å². The van der Waals surface area contributed by atoms with E-state index >= 15 is 0 Å². The number of ether oxygens (including phenoxy) is 2. The summed E-state index contributed by atoms with van der Waals surface area (Å²) in [6.07, 6.45) is -5.15. The molecule has 37 heavy (non-hydrogen) atoms. The third-order valence-electron chi connectivity index (χ3n) is 5.87. The van der Waals surface area contributed by atoms with E-state index in [9.17, 15) is 31.5 Å². The largest absolute Gasteiger partial charge is 0.491 e. The molecule has 3 aromatic heterocycles. The topological polar surface area (TPSA) is 86.0 Å². The number of imidazole rings is 1. The summed E-state index contributed by atoms with van der Waals surface area (Å²) in [4.78, 5) is 33.8. The molecule has 13 heteroatoms. The number of para-hydroxylation sites is 1. The average molecular weight is 520 g/mol. The van der Waals surface area contributed by atoms with Crippen molar-refractivity contribution < 1.29 is 41.0 Å². The van der Waals surface area contributed by atoms with Crippen LogP contribution >= 0.6 is 0 Å². The molecule has 0 N–H and O–H groups in total. The van der Waals surface area contributed by atoms with E-state index in [1.165, 1.54) is 35.1 Å². The summed E-state index contributed by atoms with van der Waals surface area (Å²) in [5.41, 5.74) is 1.02. The number of benzene rings is 1. The van der Waals surface area contributed by atoms with Gasteiger partial charge in [0.1, 0.15) is 5.69 Å². The van der Waals surface area contributed by atoms with Gasteiger partial charge in [-0.25, -0.2) is 23.5 Å². The van der Waals surface area contributed by atoms with Gasteiger partial charge in [0.25, 0.3) is 17.7 Å². The minimum atomic E-state index is -5.34. The van der Waals surface area contributed by atoms with Crippen LogP contribution in [-0.2, 0) is 4.79 Å². The van der Waals surface area contributed by atoms with E-state index in [1.54, 1.807) is 24.3 Å². The van der Waals surface area contributed by atoms with Gasteiger partial charge in [-0.3, -0.25) is 9.20 Å². The summed E-state index contributed by atoms with van der Waals surface area (Å²) in [7, 11) is 0. The van der Waals surface area contributed by atoms with Crippen LogP contribution in [-0.4, -0.2) is 62.4 Å².